The van der Waals surface area contributed by atoms with Crippen LogP contribution in [-0.4, -0.2) is 25.6 Å². The fourth-order valence-corrected chi connectivity index (χ4v) is 2.13. The maximum Gasteiger partial charge on any atom is 0.119 e. The third-order valence-electron chi connectivity index (χ3n) is 3.17. The second kappa shape index (κ2) is 6.21. The summed E-state index contributed by atoms with van der Waals surface area (Å²) in [5.41, 5.74) is 1.26. The monoisotopic (exact) mass is 254 g/mol. The van der Waals surface area contributed by atoms with E-state index in [0.29, 0.717) is 6.42 Å². The van der Waals surface area contributed by atoms with E-state index in [0.717, 1.165) is 18.8 Å². The molecule has 3 heteroatoms. The molecule has 2 rings (SSSR count). The molecule has 0 fully saturated rings. The molecule has 0 heterocycles. The zero-order valence-corrected chi connectivity index (χ0v) is 11.4. The van der Waals surface area contributed by atoms with Crippen LogP contribution in [0.15, 0.2) is 36.4 Å². The SMILES string of the molecule is COc1ccc2cc(CN(C)CCC#N)ccc2c1. The molecule has 0 amide bonds. The Morgan fingerprint density at radius 2 is 1.89 bits per heavy atom. The van der Waals surface area contributed by atoms with Gasteiger partial charge in [-0.1, -0.05) is 18.2 Å². The number of fused-ring (bicyclic) bond motifs is 1. The summed E-state index contributed by atoms with van der Waals surface area (Å²) in [7, 11) is 3.72. The van der Waals surface area contributed by atoms with E-state index in [1.54, 1.807) is 7.11 Å². The molecule has 98 valence electrons. The standard InChI is InChI=1S/C16H18N2O/c1-18(9-3-8-17)12-13-4-5-15-11-16(19-2)7-6-14(15)10-13/h4-7,10-11H,3,9,12H2,1-2H3. The highest BCUT2D eigenvalue weighted by Crippen LogP contribution is 2.22. The minimum absolute atomic E-state index is 0.571. The molecule has 0 unspecified atom stereocenters. The first-order chi connectivity index (χ1) is 9.22. The number of methoxy groups -OCH3 is 1. The highest BCUT2D eigenvalue weighted by Gasteiger charge is 2.02. The number of nitriles is 1. The van der Waals surface area contributed by atoms with Gasteiger partial charge in [-0.05, 0) is 41.6 Å². The van der Waals surface area contributed by atoms with Gasteiger partial charge in [0.1, 0.15) is 5.75 Å². The molecular formula is C16H18N2O. The maximum atomic E-state index is 8.58. The van der Waals surface area contributed by atoms with Gasteiger partial charge in [-0.2, -0.15) is 5.26 Å². The van der Waals surface area contributed by atoms with Crippen molar-refractivity contribution in [1.82, 2.24) is 4.90 Å². The minimum Gasteiger partial charge on any atom is -0.497 e. The van der Waals surface area contributed by atoms with Crippen molar-refractivity contribution in [3.8, 4) is 11.8 Å². The van der Waals surface area contributed by atoms with E-state index in [1.165, 1.54) is 16.3 Å². The van der Waals surface area contributed by atoms with Gasteiger partial charge in [0.2, 0.25) is 0 Å². The molecule has 0 bridgehead atoms. The van der Waals surface area contributed by atoms with E-state index in [4.69, 9.17) is 10.00 Å². The van der Waals surface area contributed by atoms with Gasteiger partial charge >= 0.3 is 0 Å². The summed E-state index contributed by atoms with van der Waals surface area (Å²) in [6.45, 7) is 1.67. The summed E-state index contributed by atoms with van der Waals surface area (Å²) < 4.78 is 5.22. The summed E-state index contributed by atoms with van der Waals surface area (Å²) in [6, 6.07) is 14.7. The molecule has 2 aromatic rings. The molecule has 0 saturated carbocycles. The van der Waals surface area contributed by atoms with Crippen LogP contribution in [0, 0.1) is 11.3 Å². The molecule has 0 spiro atoms. The van der Waals surface area contributed by atoms with Gasteiger partial charge in [0.25, 0.3) is 0 Å². The Morgan fingerprint density at radius 3 is 2.63 bits per heavy atom. The topological polar surface area (TPSA) is 36.3 Å². The van der Waals surface area contributed by atoms with Crippen LogP contribution >= 0.6 is 0 Å². The van der Waals surface area contributed by atoms with Gasteiger partial charge in [-0.15, -0.1) is 0 Å². The van der Waals surface area contributed by atoms with E-state index in [2.05, 4.69) is 35.2 Å². The highest BCUT2D eigenvalue weighted by molar-refractivity contribution is 5.84. The minimum atomic E-state index is 0.571. The molecule has 0 N–H and O–H groups in total. The average Bonchev–Trinajstić information content (AvgIpc) is 2.44. The number of benzene rings is 2. The second-order valence-corrected chi connectivity index (χ2v) is 4.69. The van der Waals surface area contributed by atoms with Crippen LogP contribution in [-0.2, 0) is 6.54 Å². The average molecular weight is 254 g/mol. The van der Waals surface area contributed by atoms with Crippen molar-refractivity contribution in [2.45, 2.75) is 13.0 Å². The molecule has 0 aliphatic rings. The van der Waals surface area contributed by atoms with Gasteiger partial charge in [-0.25, -0.2) is 0 Å². The normalized spacial score (nSPS) is 10.6. The Kier molecular flexibility index (Phi) is 4.38. The third kappa shape index (κ3) is 3.46. The molecule has 0 aliphatic heterocycles. The molecular weight excluding hydrogens is 236 g/mol. The summed E-state index contributed by atoms with van der Waals surface area (Å²) >= 11 is 0. The number of nitrogens with zero attached hydrogens (tertiary/aromatic N) is 2. The summed E-state index contributed by atoms with van der Waals surface area (Å²) in [5.74, 6) is 0.881. The van der Waals surface area contributed by atoms with E-state index >= 15 is 0 Å². The van der Waals surface area contributed by atoms with Crippen LogP contribution in [0.3, 0.4) is 0 Å². The number of hydrogen-bond donors (Lipinski definition) is 0. The number of ether oxygens (including phenoxy) is 1. The Bertz CT molecular complexity index is 601. The number of rotatable bonds is 5. The summed E-state index contributed by atoms with van der Waals surface area (Å²) in [5, 5.41) is 11.0. The van der Waals surface area contributed by atoms with E-state index < -0.39 is 0 Å². The fraction of sp³-hybridized carbons (Fsp3) is 0.312. The lowest BCUT2D eigenvalue weighted by molar-refractivity contribution is 0.335. The fourth-order valence-electron chi connectivity index (χ4n) is 2.13. The van der Waals surface area contributed by atoms with Crippen molar-refractivity contribution in [3.63, 3.8) is 0 Å². The molecule has 0 saturated heterocycles. The molecule has 0 aliphatic carbocycles. The van der Waals surface area contributed by atoms with Crippen LogP contribution in [0.4, 0.5) is 0 Å². The van der Waals surface area contributed by atoms with E-state index in [-0.39, 0.29) is 0 Å². The first kappa shape index (κ1) is 13.4. The molecule has 3 nitrogen and oxygen atoms in total. The summed E-state index contributed by atoms with van der Waals surface area (Å²) in [6.07, 6.45) is 0.571. The van der Waals surface area contributed by atoms with E-state index in [9.17, 15) is 0 Å². The number of hydrogen-bond acceptors (Lipinski definition) is 3. The Hall–Kier alpha value is -2.05. The van der Waals surface area contributed by atoms with Crippen molar-refractivity contribution in [2.24, 2.45) is 0 Å². The van der Waals surface area contributed by atoms with Gasteiger partial charge in [-0.3, -0.25) is 0 Å². The van der Waals surface area contributed by atoms with Crippen molar-refractivity contribution >= 4 is 10.8 Å². The second-order valence-electron chi connectivity index (χ2n) is 4.69. The molecule has 19 heavy (non-hydrogen) atoms. The van der Waals surface area contributed by atoms with Crippen LogP contribution in [0.25, 0.3) is 10.8 Å². The van der Waals surface area contributed by atoms with Crippen molar-refractivity contribution in [2.75, 3.05) is 20.7 Å². The Labute approximate surface area is 114 Å². The Balaban J connectivity index is 2.15. The predicted molar refractivity (Wildman–Crippen MR) is 77.1 cm³/mol. The van der Waals surface area contributed by atoms with Crippen LogP contribution in [0.1, 0.15) is 12.0 Å². The van der Waals surface area contributed by atoms with Crippen molar-refractivity contribution in [3.05, 3.63) is 42.0 Å². The van der Waals surface area contributed by atoms with Crippen molar-refractivity contribution in [1.29, 1.82) is 5.26 Å². The zero-order valence-electron chi connectivity index (χ0n) is 11.4. The van der Waals surface area contributed by atoms with Crippen LogP contribution in [0.2, 0.25) is 0 Å². The van der Waals surface area contributed by atoms with E-state index in [1.807, 2.05) is 19.2 Å². The first-order valence-electron chi connectivity index (χ1n) is 6.35. The molecule has 0 radical (unpaired) electrons. The first-order valence-corrected chi connectivity index (χ1v) is 6.35. The predicted octanol–water partition coefficient (Wildman–Crippen LogP) is 3.19. The molecule has 2 aromatic carbocycles. The van der Waals surface area contributed by atoms with Crippen molar-refractivity contribution < 1.29 is 4.74 Å². The summed E-state index contributed by atoms with van der Waals surface area (Å²) in [4.78, 5) is 2.16. The lowest BCUT2D eigenvalue weighted by atomic mass is 10.1. The van der Waals surface area contributed by atoms with Gasteiger partial charge in [0, 0.05) is 19.5 Å². The van der Waals surface area contributed by atoms with Gasteiger partial charge < -0.3 is 9.64 Å². The van der Waals surface area contributed by atoms with Gasteiger partial charge in [0.15, 0.2) is 0 Å². The Morgan fingerprint density at radius 1 is 1.16 bits per heavy atom. The lowest BCUT2D eigenvalue weighted by Crippen LogP contribution is -2.18. The molecule has 0 aromatic heterocycles. The highest BCUT2D eigenvalue weighted by atomic mass is 16.5. The third-order valence-corrected chi connectivity index (χ3v) is 3.17. The lowest BCUT2D eigenvalue weighted by Gasteiger charge is -2.15. The van der Waals surface area contributed by atoms with Gasteiger partial charge in [0.05, 0.1) is 13.2 Å². The quantitative estimate of drug-likeness (QED) is 0.822. The zero-order chi connectivity index (χ0) is 13.7. The maximum absolute atomic E-state index is 8.58. The smallest absolute Gasteiger partial charge is 0.119 e. The molecule has 0 atom stereocenters. The van der Waals surface area contributed by atoms with Crippen LogP contribution < -0.4 is 4.74 Å². The largest absolute Gasteiger partial charge is 0.497 e. The van der Waals surface area contributed by atoms with Crippen LogP contribution in [0.5, 0.6) is 5.75 Å².